The van der Waals surface area contributed by atoms with Crippen LogP contribution < -0.4 is 5.32 Å². The van der Waals surface area contributed by atoms with Crippen LogP contribution >= 0.6 is 0 Å². The first-order valence-electron chi connectivity index (χ1n) is 4.01. The monoisotopic (exact) mass is 177 g/mol. The number of aliphatic hydroxyl groups is 3. The molecule has 0 unspecified atom stereocenters. The van der Waals surface area contributed by atoms with Crippen molar-refractivity contribution in [1.82, 2.24) is 5.32 Å². The second-order valence-electron chi connectivity index (χ2n) is 2.94. The Balaban J connectivity index is 2.28. The Labute approximate surface area is 71.0 Å². The van der Waals surface area contributed by atoms with E-state index in [1.165, 1.54) is 0 Å². The Kier molecular flexibility index (Phi) is 3.90. The van der Waals surface area contributed by atoms with Gasteiger partial charge in [-0.1, -0.05) is 0 Å². The number of ether oxygens (including phenoxy) is 1. The molecular weight excluding hydrogens is 162 g/mol. The van der Waals surface area contributed by atoms with Crippen LogP contribution in [0, 0.1) is 0 Å². The van der Waals surface area contributed by atoms with Crippen LogP contribution in [-0.2, 0) is 4.74 Å². The van der Waals surface area contributed by atoms with E-state index in [-0.39, 0.29) is 25.3 Å². The summed E-state index contributed by atoms with van der Waals surface area (Å²) >= 11 is 0. The maximum atomic E-state index is 9.28. The van der Waals surface area contributed by atoms with Crippen LogP contribution in [0.4, 0.5) is 0 Å². The molecule has 2 atom stereocenters. The maximum Gasteiger partial charge on any atom is 0.0948 e. The van der Waals surface area contributed by atoms with Gasteiger partial charge in [0.2, 0.25) is 0 Å². The predicted octanol–water partition coefficient (Wildman–Crippen LogP) is -2.31. The largest absolute Gasteiger partial charge is 0.395 e. The average Bonchev–Trinajstić information content (AvgIpc) is 2.47. The van der Waals surface area contributed by atoms with Gasteiger partial charge in [-0.05, 0) is 0 Å². The topological polar surface area (TPSA) is 82.0 Å². The summed E-state index contributed by atoms with van der Waals surface area (Å²) in [6.45, 7) is 0.471. The van der Waals surface area contributed by atoms with Gasteiger partial charge in [-0.2, -0.15) is 0 Å². The van der Waals surface area contributed by atoms with Crippen LogP contribution in [0.3, 0.4) is 0 Å². The third-order valence-electron chi connectivity index (χ3n) is 1.94. The Hall–Kier alpha value is -0.200. The lowest BCUT2D eigenvalue weighted by Crippen LogP contribution is -2.48. The zero-order valence-electron chi connectivity index (χ0n) is 6.81. The molecule has 5 heteroatoms. The summed E-state index contributed by atoms with van der Waals surface area (Å²) in [6, 6.07) is -0.541. The molecular formula is C7H15NO4. The van der Waals surface area contributed by atoms with Crippen LogP contribution in [0.25, 0.3) is 0 Å². The number of rotatable bonds is 4. The van der Waals surface area contributed by atoms with Gasteiger partial charge in [0, 0.05) is 0 Å². The zero-order chi connectivity index (χ0) is 8.97. The van der Waals surface area contributed by atoms with E-state index in [1.54, 1.807) is 0 Å². The molecule has 1 fully saturated rings. The van der Waals surface area contributed by atoms with Gasteiger partial charge in [0.25, 0.3) is 0 Å². The summed E-state index contributed by atoms with van der Waals surface area (Å²) in [5, 5.41) is 29.6. The van der Waals surface area contributed by atoms with E-state index >= 15 is 0 Å². The number of nitrogens with one attached hydrogen (secondary N) is 1. The molecule has 0 amide bonds. The van der Waals surface area contributed by atoms with Crippen molar-refractivity contribution in [3.63, 3.8) is 0 Å². The lowest BCUT2D eigenvalue weighted by Gasteiger charge is -2.20. The zero-order valence-corrected chi connectivity index (χ0v) is 6.81. The SMILES string of the molecule is OCC(CO)N[C@@H]1COC[C@H]1O. The first-order chi connectivity index (χ1) is 5.77. The van der Waals surface area contributed by atoms with E-state index in [9.17, 15) is 5.11 Å². The van der Waals surface area contributed by atoms with Gasteiger partial charge in [-0.3, -0.25) is 0 Å². The summed E-state index contributed by atoms with van der Waals surface area (Å²) in [4.78, 5) is 0. The van der Waals surface area contributed by atoms with Crippen LogP contribution in [0.2, 0.25) is 0 Å². The van der Waals surface area contributed by atoms with Gasteiger partial charge in [-0.15, -0.1) is 0 Å². The van der Waals surface area contributed by atoms with Crippen LogP contribution in [-0.4, -0.2) is 59.9 Å². The lowest BCUT2D eigenvalue weighted by molar-refractivity contribution is 0.112. The van der Waals surface area contributed by atoms with Crippen molar-refractivity contribution >= 4 is 0 Å². The first-order valence-corrected chi connectivity index (χ1v) is 4.01. The highest BCUT2D eigenvalue weighted by Gasteiger charge is 2.27. The summed E-state index contributed by atoms with van der Waals surface area (Å²) in [5.41, 5.74) is 0. The van der Waals surface area contributed by atoms with Crippen molar-refractivity contribution in [3.8, 4) is 0 Å². The van der Waals surface area contributed by atoms with E-state index in [4.69, 9.17) is 14.9 Å². The first kappa shape index (κ1) is 9.88. The third kappa shape index (κ3) is 2.40. The van der Waals surface area contributed by atoms with Crippen molar-refractivity contribution in [1.29, 1.82) is 0 Å². The number of aliphatic hydroxyl groups excluding tert-OH is 3. The van der Waals surface area contributed by atoms with E-state index in [1.807, 2.05) is 0 Å². The predicted molar refractivity (Wildman–Crippen MR) is 41.7 cm³/mol. The molecule has 1 rings (SSSR count). The molecule has 0 aliphatic carbocycles. The Morgan fingerprint density at radius 2 is 2.00 bits per heavy atom. The average molecular weight is 177 g/mol. The smallest absolute Gasteiger partial charge is 0.0948 e. The Morgan fingerprint density at radius 3 is 2.42 bits per heavy atom. The van der Waals surface area contributed by atoms with Gasteiger partial charge < -0.3 is 25.4 Å². The third-order valence-corrected chi connectivity index (χ3v) is 1.94. The summed E-state index contributed by atoms with van der Waals surface area (Å²) in [6.07, 6.45) is -0.536. The van der Waals surface area contributed by atoms with Crippen molar-refractivity contribution in [3.05, 3.63) is 0 Å². The van der Waals surface area contributed by atoms with Crippen LogP contribution in [0.1, 0.15) is 0 Å². The fourth-order valence-electron chi connectivity index (χ4n) is 1.17. The fraction of sp³-hybridized carbons (Fsp3) is 1.00. The van der Waals surface area contributed by atoms with Gasteiger partial charge in [0.05, 0.1) is 44.6 Å². The molecule has 0 aromatic rings. The molecule has 1 aliphatic rings. The second-order valence-corrected chi connectivity index (χ2v) is 2.94. The summed E-state index contributed by atoms with van der Waals surface area (Å²) in [7, 11) is 0. The van der Waals surface area contributed by atoms with E-state index in [0.29, 0.717) is 13.2 Å². The second kappa shape index (κ2) is 4.74. The molecule has 0 aromatic heterocycles. The highest BCUT2D eigenvalue weighted by Crippen LogP contribution is 2.05. The minimum absolute atomic E-state index is 0.139. The molecule has 72 valence electrons. The van der Waals surface area contributed by atoms with Crippen molar-refractivity contribution in [2.45, 2.75) is 18.2 Å². The highest BCUT2D eigenvalue weighted by molar-refractivity contribution is 4.83. The fourth-order valence-corrected chi connectivity index (χ4v) is 1.17. The molecule has 5 nitrogen and oxygen atoms in total. The molecule has 0 aromatic carbocycles. The normalized spacial score (nSPS) is 30.0. The molecule has 0 radical (unpaired) electrons. The van der Waals surface area contributed by atoms with Crippen molar-refractivity contribution < 1.29 is 20.1 Å². The van der Waals surface area contributed by atoms with Gasteiger partial charge in [0.1, 0.15) is 0 Å². The molecule has 0 bridgehead atoms. The molecule has 1 saturated heterocycles. The lowest BCUT2D eigenvalue weighted by atomic mass is 10.2. The minimum Gasteiger partial charge on any atom is -0.395 e. The van der Waals surface area contributed by atoms with Crippen molar-refractivity contribution in [2.24, 2.45) is 0 Å². The quantitative estimate of drug-likeness (QED) is 0.388. The van der Waals surface area contributed by atoms with Gasteiger partial charge in [-0.25, -0.2) is 0 Å². The molecule has 1 aliphatic heterocycles. The van der Waals surface area contributed by atoms with Crippen LogP contribution in [0.15, 0.2) is 0 Å². The van der Waals surface area contributed by atoms with Gasteiger partial charge in [0.15, 0.2) is 0 Å². The van der Waals surface area contributed by atoms with Crippen molar-refractivity contribution in [2.75, 3.05) is 26.4 Å². The number of hydrogen-bond donors (Lipinski definition) is 4. The molecule has 1 heterocycles. The maximum absolute atomic E-state index is 9.28. The molecule has 0 spiro atoms. The Bertz CT molecular complexity index is 129. The Morgan fingerprint density at radius 1 is 1.33 bits per heavy atom. The molecule has 12 heavy (non-hydrogen) atoms. The molecule has 4 N–H and O–H groups in total. The standard InChI is InChI=1S/C7H15NO4/c9-1-5(2-10)8-6-3-12-4-7(6)11/h5-11H,1-4H2/t6-,7-/m1/s1. The minimum atomic E-state index is -0.536. The number of hydrogen-bond acceptors (Lipinski definition) is 5. The van der Waals surface area contributed by atoms with Crippen LogP contribution in [0.5, 0.6) is 0 Å². The summed E-state index contributed by atoms with van der Waals surface area (Å²) in [5.74, 6) is 0. The summed E-state index contributed by atoms with van der Waals surface area (Å²) < 4.78 is 4.98. The van der Waals surface area contributed by atoms with E-state index in [0.717, 1.165) is 0 Å². The van der Waals surface area contributed by atoms with Gasteiger partial charge >= 0.3 is 0 Å². The van der Waals surface area contributed by atoms with E-state index < -0.39 is 6.10 Å². The van der Waals surface area contributed by atoms with E-state index in [2.05, 4.69) is 5.32 Å². The highest BCUT2D eigenvalue weighted by atomic mass is 16.5. The molecule has 0 saturated carbocycles.